The van der Waals surface area contributed by atoms with Crippen LogP contribution in [0.3, 0.4) is 0 Å². The summed E-state index contributed by atoms with van der Waals surface area (Å²) >= 11 is 1.56. The summed E-state index contributed by atoms with van der Waals surface area (Å²) in [4.78, 5) is 14.1. The first kappa shape index (κ1) is 8.55. The Morgan fingerprint density at radius 3 is 2.87 bits per heavy atom. The van der Waals surface area contributed by atoms with Gasteiger partial charge in [0.15, 0.2) is 10.5 Å². The van der Waals surface area contributed by atoms with Crippen molar-refractivity contribution in [3.8, 4) is 0 Å². The van der Waals surface area contributed by atoms with Crippen LogP contribution in [0, 0.1) is 6.92 Å². The van der Waals surface area contributed by atoms with Crippen molar-refractivity contribution in [2.45, 2.75) is 6.92 Å². The van der Waals surface area contributed by atoms with E-state index in [0.717, 1.165) is 20.9 Å². The molecule has 0 bridgehead atoms. The Balaban J connectivity index is 2.46. The first-order valence-corrected chi connectivity index (χ1v) is 5.34. The Hall–Kier alpha value is -1.75. The van der Waals surface area contributed by atoms with Crippen LogP contribution in [0.1, 0.15) is 5.01 Å². The standard InChI is InChI=1S/C10H8N4S/c1-5-12-9-10(15-5)14-7-3-2-6(11)4-8(7)13-9/h2-4H,11H2,1H3. The molecule has 4 nitrogen and oxygen atoms in total. The molecule has 5 heteroatoms. The fourth-order valence-electron chi connectivity index (χ4n) is 1.50. The van der Waals surface area contributed by atoms with Gasteiger partial charge in [0.2, 0.25) is 0 Å². The van der Waals surface area contributed by atoms with Crippen LogP contribution < -0.4 is 5.73 Å². The molecule has 0 saturated carbocycles. The molecular weight excluding hydrogens is 208 g/mol. The number of fused-ring (bicyclic) bond motifs is 2. The number of hydrogen-bond donors (Lipinski definition) is 1. The van der Waals surface area contributed by atoms with Gasteiger partial charge in [0, 0.05) is 5.69 Å². The third kappa shape index (κ3) is 1.32. The Kier molecular flexibility index (Phi) is 1.63. The van der Waals surface area contributed by atoms with Crippen molar-refractivity contribution in [3.63, 3.8) is 0 Å². The van der Waals surface area contributed by atoms with Crippen molar-refractivity contribution < 1.29 is 0 Å². The summed E-state index contributed by atoms with van der Waals surface area (Å²) in [7, 11) is 0. The van der Waals surface area contributed by atoms with Crippen molar-refractivity contribution in [1.29, 1.82) is 0 Å². The molecule has 3 aromatic rings. The average Bonchev–Trinajstić information content (AvgIpc) is 2.53. The third-order valence-electron chi connectivity index (χ3n) is 2.15. The number of aryl methyl sites for hydroxylation is 1. The fraction of sp³-hybridized carbons (Fsp3) is 0.100. The maximum atomic E-state index is 5.69. The van der Waals surface area contributed by atoms with Crippen LogP contribution in [0.25, 0.3) is 21.5 Å². The third-order valence-corrected chi connectivity index (χ3v) is 3.00. The maximum absolute atomic E-state index is 5.69. The van der Waals surface area contributed by atoms with Gasteiger partial charge in [0.05, 0.1) is 16.0 Å². The van der Waals surface area contributed by atoms with E-state index in [9.17, 15) is 0 Å². The van der Waals surface area contributed by atoms with Gasteiger partial charge in [0.25, 0.3) is 0 Å². The Bertz CT molecular complexity index is 659. The molecule has 2 heterocycles. The van der Waals surface area contributed by atoms with E-state index in [1.807, 2.05) is 25.1 Å². The molecule has 0 amide bonds. The van der Waals surface area contributed by atoms with Crippen LogP contribution in [0.4, 0.5) is 5.69 Å². The lowest BCUT2D eigenvalue weighted by Gasteiger charge is -1.97. The summed E-state index contributed by atoms with van der Waals surface area (Å²) in [6, 6.07) is 5.53. The molecule has 0 aliphatic heterocycles. The van der Waals surface area contributed by atoms with Crippen LogP contribution in [0.15, 0.2) is 18.2 Å². The normalized spacial score (nSPS) is 11.3. The molecule has 0 radical (unpaired) electrons. The van der Waals surface area contributed by atoms with E-state index in [2.05, 4.69) is 15.0 Å². The van der Waals surface area contributed by atoms with E-state index in [4.69, 9.17) is 5.73 Å². The van der Waals surface area contributed by atoms with E-state index in [0.29, 0.717) is 11.3 Å². The number of nitrogen functional groups attached to an aromatic ring is 1. The number of nitrogens with two attached hydrogens (primary N) is 1. The Labute approximate surface area is 89.8 Å². The molecule has 0 atom stereocenters. The highest BCUT2D eigenvalue weighted by Gasteiger charge is 2.05. The van der Waals surface area contributed by atoms with Crippen LogP contribution in [-0.4, -0.2) is 15.0 Å². The number of rotatable bonds is 0. The largest absolute Gasteiger partial charge is 0.399 e. The van der Waals surface area contributed by atoms with E-state index in [1.54, 1.807) is 11.3 Å². The lowest BCUT2D eigenvalue weighted by atomic mass is 10.3. The summed E-state index contributed by atoms with van der Waals surface area (Å²) < 4.78 is 0. The molecular formula is C10H8N4S. The van der Waals surface area contributed by atoms with Gasteiger partial charge in [-0.3, -0.25) is 0 Å². The highest BCUT2D eigenvalue weighted by molar-refractivity contribution is 7.18. The molecule has 0 aliphatic carbocycles. The number of aromatic nitrogens is 3. The Morgan fingerprint density at radius 2 is 2.00 bits per heavy atom. The number of hydrogen-bond acceptors (Lipinski definition) is 5. The number of anilines is 1. The van der Waals surface area contributed by atoms with Crippen molar-refractivity contribution in [1.82, 2.24) is 15.0 Å². The van der Waals surface area contributed by atoms with E-state index >= 15 is 0 Å². The minimum Gasteiger partial charge on any atom is -0.399 e. The molecule has 2 N–H and O–H groups in total. The zero-order chi connectivity index (χ0) is 10.4. The molecule has 0 spiro atoms. The predicted molar refractivity (Wildman–Crippen MR) is 61.9 cm³/mol. The summed E-state index contributed by atoms with van der Waals surface area (Å²) in [5, 5.41) is 0.980. The van der Waals surface area contributed by atoms with Gasteiger partial charge in [-0.25, -0.2) is 15.0 Å². The molecule has 0 saturated heterocycles. The first-order chi connectivity index (χ1) is 7.22. The smallest absolute Gasteiger partial charge is 0.190 e. The second-order valence-corrected chi connectivity index (χ2v) is 4.52. The van der Waals surface area contributed by atoms with Gasteiger partial charge in [0.1, 0.15) is 0 Å². The van der Waals surface area contributed by atoms with Crippen LogP contribution in [0.2, 0.25) is 0 Å². The van der Waals surface area contributed by atoms with Gasteiger partial charge in [-0.15, -0.1) is 0 Å². The minimum absolute atomic E-state index is 0.697. The quantitative estimate of drug-likeness (QED) is 0.585. The van der Waals surface area contributed by atoms with Gasteiger partial charge in [-0.05, 0) is 25.1 Å². The summed E-state index contributed by atoms with van der Waals surface area (Å²) in [5.41, 5.74) is 8.75. The van der Waals surface area contributed by atoms with Crippen molar-refractivity contribution in [3.05, 3.63) is 23.2 Å². The van der Waals surface area contributed by atoms with E-state index in [1.165, 1.54) is 0 Å². The topological polar surface area (TPSA) is 64.7 Å². The maximum Gasteiger partial charge on any atom is 0.190 e. The van der Waals surface area contributed by atoms with Crippen LogP contribution in [-0.2, 0) is 0 Å². The van der Waals surface area contributed by atoms with Crippen LogP contribution >= 0.6 is 11.3 Å². The number of nitrogens with zero attached hydrogens (tertiary/aromatic N) is 3. The molecule has 0 aliphatic rings. The SMILES string of the molecule is Cc1nc2nc3cc(N)ccc3nc2s1. The average molecular weight is 216 g/mol. The molecule has 74 valence electrons. The van der Waals surface area contributed by atoms with Gasteiger partial charge in [-0.1, -0.05) is 11.3 Å². The number of benzene rings is 1. The van der Waals surface area contributed by atoms with Gasteiger partial charge < -0.3 is 5.73 Å². The fourth-order valence-corrected chi connectivity index (χ4v) is 2.24. The monoisotopic (exact) mass is 216 g/mol. The minimum atomic E-state index is 0.697. The van der Waals surface area contributed by atoms with E-state index in [-0.39, 0.29) is 0 Å². The second kappa shape index (κ2) is 2.87. The number of thiazole rings is 1. The highest BCUT2D eigenvalue weighted by atomic mass is 32.1. The molecule has 0 unspecified atom stereocenters. The zero-order valence-corrected chi connectivity index (χ0v) is 8.88. The van der Waals surface area contributed by atoms with Gasteiger partial charge in [-0.2, -0.15) is 0 Å². The van der Waals surface area contributed by atoms with Crippen molar-refractivity contribution in [2.24, 2.45) is 0 Å². The zero-order valence-electron chi connectivity index (χ0n) is 8.06. The molecule has 2 aromatic heterocycles. The molecule has 0 fully saturated rings. The van der Waals surface area contributed by atoms with Crippen molar-refractivity contribution >= 4 is 38.5 Å². The predicted octanol–water partition coefficient (Wildman–Crippen LogP) is 2.13. The lowest BCUT2D eigenvalue weighted by molar-refractivity contribution is 1.28. The summed E-state index contributed by atoms with van der Waals surface area (Å²) in [6.45, 7) is 1.95. The Morgan fingerprint density at radius 1 is 1.13 bits per heavy atom. The van der Waals surface area contributed by atoms with Crippen molar-refractivity contribution in [2.75, 3.05) is 5.73 Å². The summed E-state index contributed by atoms with van der Waals surface area (Å²) in [5.74, 6) is 0. The second-order valence-electron chi connectivity index (χ2n) is 3.33. The highest BCUT2D eigenvalue weighted by Crippen LogP contribution is 2.22. The van der Waals surface area contributed by atoms with E-state index < -0.39 is 0 Å². The molecule has 1 aromatic carbocycles. The lowest BCUT2D eigenvalue weighted by Crippen LogP contribution is -1.88. The molecule has 3 rings (SSSR count). The van der Waals surface area contributed by atoms with Crippen LogP contribution in [0.5, 0.6) is 0 Å². The summed E-state index contributed by atoms with van der Waals surface area (Å²) in [6.07, 6.45) is 0. The molecule has 15 heavy (non-hydrogen) atoms. The first-order valence-electron chi connectivity index (χ1n) is 4.53. The van der Waals surface area contributed by atoms with Gasteiger partial charge >= 0.3 is 0 Å².